The van der Waals surface area contributed by atoms with E-state index in [-0.39, 0.29) is 17.2 Å². The van der Waals surface area contributed by atoms with Crippen molar-refractivity contribution in [3.8, 4) is 5.75 Å². The Labute approximate surface area is 167 Å². The van der Waals surface area contributed by atoms with Crippen LogP contribution in [-0.2, 0) is 16.8 Å². The second kappa shape index (κ2) is 9.93. The first-order valence-electron chi connectivity index (χ1n) is 9.58. The molecule has 0 aliphatic rings. The fourth-order valence-electron chi connectivity index (χ4n) is 2.71. The zero-order valence-corrected chi connectivity index (χ0v) is 17.2. The number of carbonyl (C=O) groups is 2. The molecule has 0 saturated heterocycles. The topological polar surface area (TPSA) is 67.4 Å². The number of amides is 2. The molecular formula is C23H30N2O3. The maximum atomic E-state index is 12.2. The summed E-state index contributed by atoms with van der Waals surface area (Å²) >= 11 is 0. The Balaban J connectivity index is 1.67. The molecule has 28 heavy (non-hydrogen) atoms. The Kier molecular flexibility index (Phi) is 7.61. The fraction of sp³-hybridized carbons (Fsp3) is 0.391. The van der Waals surface area contributed by atoms with Gasteiger partial charge < -0.3 is 15.4 Å². The minimum Gasteiger partial charge on any atom is -0.497 e. The molecule has 0 heterocycles. The second-order valence-corrected chi connectivity index (χ2v) is 7.81. The normalized spacial score (nSPS) is 11.0. The van der Waals surface area contributed by atoms with Crippen molar-refractivity contribution in [1.29, 1.82) is 0 Å². The summed E-state index contributed by atoms with van der Waals surface area (Å²) in [6.45, 7) is 7.37. The highest BCUT2D eigenvalue weighted by molar-refractivity contribution is 5.94. The summed E-state index contributed by atoms with van der Waals surface area (Å²) in [5.41, 5.74) is 2.91. The van der Waals surface area contributed by atoms with Crippen LogP contribution in [0, 0.1) is 0 Å². The average Bonchev–Trinajstić information content (AvgIpc) is 2.69. The van der Waals surface area contributed by atoms with Gasteiger partial charge in [-0.05, 0) is 47.2 Å². The van der Waals surface area contributed by atoms with E-state index >= 15 is 0 Å². The van der Waals surface area contributed by atoms with Crippen LogP contribution >= 0.6 is 0 Å². The Hall–Kier alpha value is -2.82. The lowest BCUT2D eigenvalue weighted by Gasteiger charge is -2.19. The van der Waals surface area contributed by atoms with Gasteiger partial charge in [-0.1, -0.05) is 45.0 Å². The molecule has 0 fully saturated rings. The molecule has 5 nitrogen and oxygen atoms in total. The number of hydrogen-bond donors (Lipinski definition) is 2. The molecule has 0 spiro atoms. The van der Waals surface area contributed by atoms with Crippen LogP contribution in [0.1, 0.15) is 55.1 Å². The van der Waals surface area contributed by atoms with Gasteiger partial charge in [0.25, 0.3) is 5.91 Å². The molecule has 0 aliphatic heterocycles. The predicted octanol–water partition coefficient (Wildman–Crippen LogP) is 3.82. The van der Waals surface area contributed by atoms with Crippen LogP contribution in [0.4, 0.5) is 0 Å². The zero-order valence-electron chi connectivity index (χ0n) is 17.2. The number of nitrogens with one attached hydrogen (secondary N) is 2. The molecule has 0 unspecified atom stereocenters. The van der Waals surface area contributed by atoms with E-state index in [9.17, 15) is 9.59 Å². The average molecular weight is 383 g/mol. The van der Waals surface area contributed by atoms with E-state index in [0.717, 1.165) is 11.3 Å². The first-order valence-corrected chi connectivity index (χ1v) is 9.58. The molecule has 2 N–H and O–H groups in total. The second-order valence-electron chi connectivity index (χ2n) is 7.81. The molecule has 2 rings (SSSR count). The Morgan fingerprint density at radius 1 is 0.929 bits per heavy atom. The van der Waals surface area contributed by atoms with E-state index in [4.69, 9.17) is 4.74 Å². The van der Waals surface area contributed by atoms with Crippen molar-refractivity contribution >= 4 is 11.8 Å². The maximum Gasteiger partial charge on any atom is 0.251 e. The van der Waals surface area contributed by atoms with Gasteiger partial charge in [-0.25, -0.2) is 0 Å². The van der Waals surface area contributed by atoms with Crippen LogP contribution in [-0.4, -0.2) is 25.5 Å². The fourth-order valence-corrected chi connectivity index (χ4v) is 2.71. The summed E-state index contributed by atoms with van der Waals surface area (Å²) in [6.07, 6.45) is 0.972. The molecule has 5 heteroatoms. The number of hydrogen-bond acceptors (Lipinski definition) is 3. The quantitative estimate of drug-likeness (QED) is 0.682. The molecule has 2 amide bonds. The van der Waals surface area contributed by atoms with Crippen molar-refractivity contribution < 1.29 is 14.3 Å². The zero-order chi connectivity index (χ0) is 20.6. The third-order valence-corrected chi connectivity index (χ3v) is 4.53. The van der Waals surface area contributed by atoms with Gasteiger partial charge in [0.2, 0.25) is 5.91 Å². The number of ether oxygens (including phenoxy) is 1. The van der Waals surface area contributed by atoms with Gasteiger partial charge >= 0.3 is 0 Å². The molecule has 0 atom stereocenters. The molecule has 150 valence electrons. The van der Waals surface area contributed by atoms with Gasteiger partial charge in [-0.2, -0.15) is 0 Å². The Bertz CT molecular complexity index is 775. The summed E-state index contributed by atoms with van der Waals surface area (Å²) in [7, 11) is 1.62. The lowest BCUT2D eigenvalue weighted by molar-refractivity contribution is -0.121. The van der Waals surface area contributed by atoms with Gasteiger partial charge in [-0.15, -0.1) is 0 Å². The minimum atomic E-state index is -0.112. The van der Waals surface area contributed by atoms with Crippen LogP contribution in [0.3, 0.4) is 0 Å². The first-order chi connectivity index (χ1) is 13.3. The van der Waals surface area contributed by atoms with Gasteiger partial charge in [0.1, 0.15) is 5.75 Å². The van der Waals surface area contributed by atoms with Crippen molar-refractivity contribution in [3.63, 3.8) is 0 Å². The van der Waals surface area contributed by atoms with E-state index in [1.54, 1.807) is 7.11 Å². The number of benzene rings is 2. The van der Waals surface area contributed by atoms with Gasteiger partial charge in [0.05, 0.1) is 7.11 Å². The lowest BCUT2D eigenvalue weighted by atomic mass is 9.87. The van der Waals surface area contributed by atoms with E-state index in [0.29, 0.717) is 31.5 Å². The molecule has 2 aromatic carbocycles. The summed E-state index contributed by atoms with van der Waals surface area (Å²) in [4.78, 5) is 24.1. The first kappa shape index (κ1) is 21.5. The third kappa shape index (κ3) is 6.72. The van der Waals surface area contributed by atoms with Crippen molar-refractivity contribution in [2.45, 2.75) is 45.6 Å². The summed E-state index contributed by atoms with van der Waals surface area (Å²) in [5, 5.41) is 5.75. The van der Waals surface area contributed by atoms with Crippen molar-refractivity contribution in [2.75, 3.05) is 13.7 Å². The van der Waals surface area contributed by atoms with Crippen molar-refractivity contribution in [3.05, 3.63) is 65.2 Å². The van der Waals surface area contributed by atoms with Crippen molar-refractivity contribution in [1.82, 2.24) is 10.6 Å². The molecule has 0 radical (unpaired) electrons. The van der Waals surface area contributed by atoms with E-state index < -0.39 is 0 Å². The summed E-state index contributed by atoms with van der Waals surface area (Å²) in [5.74, 6) is 0.651. The van der Waals surface area contributed by atoms with E-state index in [1.807, 2.05) is 48.5 Å². The van der Waals surface area contributed by atoms with E-state index in [2.05, 4.69) is 31.4 Å². The minimum absolute atomic E-state index is 0.0282. The molecule has 0 saturated carbocycles. The highest BCUT2D eigenvalue weighted by Crippen LogP contribution is 2.22. The SMILES string of the molecule is COc1ccc(CNC(=O)CCCNC(=O)c2ccc(C(C)(C)C)cc2)cc1. The van der Waals surface area contributed by atoms with E-state index in [1.165, 1.54) is 5.56 Å². The van der Waals surface area contributed by atoms with Crippen LogP contribution < -0.4 is 15.4 Å². The van der Waals surface area contributed by atoms with Gasteiger partial charge in [0.15, 0.2) is 0 Å². The summed E-state index contributed by atoms with van der Waals surface area (Å²) in [6, 6.07) is 15.2. The molecule has 0 aromatic heterocycles. The Morgan fingerprint density at radius 2 is 1.57 bits per heavy atom. The standard InChI is InChI=1S/C23H30N2O3/c1-23(2,3)19-11-9-18(10-12-19)22(27)24-15-5-6-21(26)25-16-17-7-13-20(28-4)14-8-17/h7-14H,5-6,15-16H2,1-4H3,(H,24,27)(H,25,26). The maximum absolute atomic E-state index is 12.2. The number of carbonyl (C=O) groups excluding carboxylic acids is 2. The van der Waals surface area contributed by atoms with Gasteiger partial charge in [0, 0.05) is 25.1 Å². The summed E-state index contributed by atoms with van der Waals surface area (Å²) < 4.78 is 5.11. The monoisotopic (exact) mass is 382 g/mol. The van der Waals surface area contributed by atoms with Crippen molar-refractivity contribution in [2.24, 2.45) is 0 Å². The molecular weight excluding hydrogens is 352 g/mol. The van der Waals surface area contributed by atoms with Crippen LogP contribution in [0.15, 0.2) is 48.5 Å². The Morgan fingerprint density at radius 3 is 2.14 bits per heavy atom. The number of rotatable bonds is 8. The van der Waals surface area contributed by atoms with Crippen LogP contribution in [0.2, 0.25) is 0 Å². The molecule has 0 aliphatic carbocycles. The molecule has 0 bridgehead atoms. The highest BCUT2D eigenvalue weighted by atomic mass is 16.5. The largest absolute Gasteiger partial charge is 0.497 e. The highest BCUT2D eigenvalue weighted by Gasteiger charge is 2.14. The molecule has 2 aromatic rings. The van der Waals surface area contributed by atoms with Crippen LogP contribution in [0.5, 0.6) is 5.75 Å². The third-order valence-electron chi connectivity index (χ3n) is 4.53. The number of methoxy groups -OCH3 is 1. The van der Waals surface area contributed by atoms with Gasteiger partial charge in [-0.3, -0.25) is 9.59 Å². The predicted molar refractivity (Wildman–Crippen MR) is 112 cm³/mol. The van der Waals surface area contributed by atoms with Crippen LogP contribution in [0.25, 0.3) is 0 Å². The smallest absolute Gasteiger partial charge is 0.251 e. The lowest BCUT2D eigenvalue weighted by Crippen LogP contribution is -2.27.